The molecular formula is C24H27N5O3. The number of para-hydroxylation sites is 1. The van der Waals surface area contributed by atoms with E-state index in [0.29, 0.717) is 42.4 Å². The van der Waals surface area contributed by atoms with Gasteiger partial charge in [-0.3, -0.25) is 14.6 Å². The minimum absolute atomic E-state index is 0.0474. The van der Waals surface area contributed by atoms with Gasteiger partial charge in [0.1, 0.15) is 23.3 Å². The summed E-state index contributed by atoms with van der Waals surface area (Å²) in [6, 6.07) is 16.2. The van der Waals surface area contributed by atoms with Gasteiger partial charge in [0.2, 0.25) is 11.8 Å². The van der Waals surface area contributed by atoms with Crippen molar-refractivity contribution in [3.8, 4) is 11.5 Å². The summed E-state index contributed by atoms with van der Waals surface area (Å²) in [4.78, 5) is 30.0. The van der Waals surface area contributed by atoms with E-state index in [4.69, 9.17) is 15.9 Å². The second-order valence-corrected chi connectivity index (χ2v) is 7.51. The maximum atomic E-state index is 12.3. The number of nitrogens with two attached hydrogens (primary N) is 1. The molecule has 166 valence electrons. The first-order valence-electron chi connectivity index (χ1n) is 10.3. The minimum Gasteiger partial charge on any atom is -0.457 e. The van der Waals surface area contributed by atoms with Gasteiger partial charge in [0.15, 0.2) is 0 Å². The molecule has 0 spiro atoms. The molecule has 8 nitrogen and oxygen atoms in total. The minimum atomic E-state index is -1.01. The fourth-order valence-electron chi connectivity index (χ4n) is 3.46. The van der Waals surface area contributed by atoms with E-state index in [1.165, 1.54) is 6.08 Å². The number of benzene rings is 2. The normalized spacial score (nSPS) is 16.2. The Balaban J connectivity index is 1.71. The molecule has 32 heavy (non-hydrogen) atoms. The maximum Gasteiger partial charge on any atom is 0.245 e. The van der Waals surface area contributed by atoms with Gasteiger partial charge in [-0.15, -0.1) is 0 Å². The van der Waals surface area contributed by atoms with E-state index in [1.807, 2.05) is 30.3 Å². The van der Waals surface area contributed by atoms with Gasteiger partial charge >= 0.3 is 0 Å². The Bertz CT molecular complexity index is 1020. The monoisotopic (exact) mass is 433 g/mol. The number of rotatable bonds is 9. The molecule has 0 bridgehead atoms. The fourth-order valence-corrected chi connectivity index (χ4v) is 3.46. The zero-order chi connectivity index (χ0) is 23.1. The summed E-state index contributed by atoms with van der Waals surface area (Å²) in [7, 11) is 1.68. The van der Waals surface area contributed by atoms with Gasteiger partial charge in [-0.05, 0) is 54.5 Å². The summed E-state index contributed by atoms with van der Waals surface area (Å²) in [6.45, 7) is 4.39. The number of likely N-dealkylation sites (N-methyl/N-ethyl adjacent to an activating group) is 1. The van der Waals surface area contributed by atoms with Gasteiger partial charge in [-0.1, -0.05) is 24.8 Å². The van der Waals surface area contributed by atoms with Crippen LogP contribution >= 0.6 is 0 Å². The summed E-state index contributed by atoms with van der Waals surface area (Å²) in [5.74, 6) is -0.194. The molecule has 0 fully saturated rings. The van der Waals surface area contributed by atoms with Gasteiger partial charge in [0.05, 0.1) is 5.71 Å². The molecule has 2 unspecified atom stereocenters. The number of amides is 2. The third-order valence-electron chi connectivity index (χ3n) is 5.15. The van der Waals surface area contributed by atoms with E-state index < -0.39 is 11.8 Å². The Hall–Kier alpha value is -3.94. The molecule has 3 rings (SSSR count). The first-order chi connectivity index (χ1) is 15.4. The molecule has 0 saturated heterocycles. The molecule has 8 heteroatoms. The third-order valence-corrected chi connectivity index (χ3v) is 5.15. The number of nitrogens with one attached hydrogen (secondary N) is 2. The van der Waals surface area contributed by atoms with Crippen molar-refractivity contribution in [2.45, 2.75) is 12.5 Å². The summed E-state index contributed by atoms with van der Waals surface area (Å²) in [5.41, 5.74) is 6.24. The van der Waals surface area contributed by atoms with E-state index in [1.54, 1.807) is 36.2 Å². The molecule has 1 heterocycles. The lowest BCUT2D eigenvalue weighted by Crippen LogP contribution is -2.52. The van der Waals surface area contributed by atoms with Crippen LogP contribution in [0.1, 0.15) is 12.0 Å². The molecule has 1 aliphatic rings. The lowest BCUT2D eigenvalue weighted by Gasteiger charge is -2.31. The predicted octanol–water partition coefficient (Wildman–Crippen LogP) is 2.35. The van der Waals surface area contributed by atoms with Crippen LogP contribution in [-0.4, -0.2) is 54.4 Å². The molecule has 0 aromatic heterocycles. The number of amidine groups is 1. The quantitative estimate of drug-likeness (QED) is 0.415. The lowest BCUT2D eigenvalue weighted by molar-refractivity contribution is -0.125. The summed E-state index contributed by atoms with van der Waals surface area (Å²) < 4.78 is 5.78. The van der Waals surface area contributed by atoms with E-state index in [0.717, 1.165) is 0 Å². The number of nitrogens with zero attached hydrogens (tertiary/aromatic N) is 2. The third kappa shape index (κ3) is 5.60. The number of ether oxygens (including phenoxy) is 1. The van der Waals surface area contributed by atoms with Crippen molar-refractivity contribution >= 4 is 23.4 Å². The van der Waals surface area contributed by atoms with Gasteiger partial charge < -0.3 is 26.1 Å². The van der Waals surface area contributed by atoms with Crippen molar-refractivity contribution in [2.24, 2.45) is 16.6 Å². The molecule has 2 aromatic carbocycles. The summed E-state index contributed by atoms with van der Waals surface area (Å²) in [6.07, 6.45) is 1.95. The highest BCUT2D eigenvalue weighted by atomic mass is 16.5. The predicted molar refractivity (Wildman–Crippen MR) is 124 cm³/mol. The number of hydrogen-bond acceptors (Lipinski definition) is 6. The lowest BCUT2D eigenvalue weighted by atomic mass is 9.93. The average molecular weight is 434 g/mol. The second-order valence-electron chi connectivity index (χ2n) is 7.51. The first kappa shape index (κ1) is 22.7. The van der Waals surface area contributed by atoms with E-state index in [-0.39, 0.29) is 17.7 Å². The smallest absolute Gasteiger partial charge is 0.245 e. The van der Waals surface area contributed by atoms with Crippen LogP contribution in [0.5, 0.6) is 11.5 Å². The van der Waals surface area contributed by atoms with Crippen LogP contribution < -0.4 is 15.8 Å². The van der Waals surface area contributed by atoms with E-state index >= 15 is 0 Å². The molecule has 0 aliphatic carbocycles. The standard InChI is InChI=1S/C24H27N5O3/c1-3-20(30)29(2)15-17-13-14-27-24(28-17)21(23(26)31)22(25)16-9-11-19(12-10-16)32-18-7-5-4-6-8-18/h3-12,17,21,25H,1,13-15H2,2H3,(H2,26,31)(H,27,28). The van der Waals surface area contributed by atoms with Crippen molar-refractivity contribution in [3.63, 3.8) is 0 Å². The molecule has 2 amide bonds. The van der Waals surface area contributed by atoms with E-state index in [9.17, 15) is 9.59 Å². The van der Waals surface area contributed by atoms with Crippen LogP contribution in [0.15, 0.2) is 72.2 Å². The second kappa shape index (κ2) is 10.4. The van der Waals surface area contributed by atoms with Crippen molar-refractivity contribution < 1.29 is 14.3 Å². The zero-order valence-corrected chi connectivity index (χ0v) is 18.0. The number of hydrogen-bond donors (Lipinski definition) is 3. The van der Waals surface area contributed by atoms with Crippen molar-refractivity contribution in [2.75, 3.05) is 20.1 Å². The van der Waals surface area contributed by atoms with Gasteiger partial charge in [-0.25, -0.2) is 0 Å². The molecule has 0 radical (unpaired) electrons. The Morgan fingerprint density at radius 1 is 1.25 bits per heavy atom. The van der Waals surface area contributed by atoms with Crippen LogP contribution in [0.2, 0.25) is 0 Å². The highest BCUT2D eigenvalue weighted by molar-refractivity contribution is 6.25. The van der Waals surface area contributed by atoms with Gasteiger partial charge in [-0.2, -0.15) is 0 Å². The van der Waals surface area contributed by atoms with Crippen LogP contribution in [0.3, 0.4) is 0 Å². The number of carbonyl (C=O) groups excluding carboxylic acids is 2. The summed E-state index contributed by atoms with van der Waals surface area (Å²) >= 11 is 0. The van der Waals surface area contributed by atoms with Crippen LogP contribution in [0.25, 0.3) is 0 Å². The van der Waals surface area contributed by atoms with Crippen LogP contribution in [-0.2, 0) is 9.59 Å². The Morgan fingerprint density at radius 3 is 2.53 bits per heavy atom. The number of primary amides is 1. The highest BCUT2D eigenvalue weighted by Gasteiger charge is 2.31. The largest absolute Gasteiger partial charge is 0.457 e. The van der Waals surface area contributed by atoms with E-state index in [2.05, 4.69) is 16.9 Å². The van der Waals surface area contributed by atoms with Gasteiger partial charge in [0, 0.05) is 26.2 Å². The summed E-state index contributed by atoms with van der Waals surface area (Å²) in [5, 5.41) is 11.8. The fraction of sp³-hybridized carbons (Fsp3) is 0.250. The zero-order valence-electron chi connectivity index (χ0n) is 18.0. The first-order valence-corrected chi connectivity index (χ1v) is 10.3. The van der Waals surface area contributed by atoms with Crippen molar-refractivity contribution in [1.82, 2.24) is 10.2 Å². The maximum absolute atomic E-state index is 12.3. The molecule has 1 aliphatic heterocycles. The average Bonchev–Trinajstić information content (AvgIpc) is 2.79. The SMILES string of the molecule is C=CC(=O)N(C)CC1CCN=C(C(C(=N)c2ccc(Oc3ccccc3)cc2)C(N)=O)N1. The molecule has 2 aromatic rings. The molecule has 2 atom stereocenters. The van der Waals surface area contributed by atoms with Crippen molar-refractivity contribution in [3.05, 3.63) is 72.8 Å². The number of carbonyl (C=O) groups is 2. The van der Waals surface area contributed by atoms with Gasteiger partial charge in [0.25, 0.3) is 0 Å². The molecule has 4 N–H and O–H groups in total. The Morgan fingerprint density at radius 2 is 1.91 bits per heavy atom. The molecule has 0 saturated carbocycles. The van der Waals surface area contributed by atoms with Crippen LogP contribution in [0.4, 0.5) is 0 Å². The molecular weight excluding hydrogens is 406 g/mol. The Labute approximate surface area is 187 Å². The Kier molecular flexibility index (Phi) is 7.38. The highest BCUT2D eigenvalue weighted by Crippen LogP contribution is 2.22. The van der Waals surface area contributed by atoms with Crippen molar-refractivity contribution in [1.29, 1.82) is 5.41 Å². The topological polar surface area (TPSA) is 121 Å². The van der Waals surface area contributed by atoms with Crippen LogP contribution in [0, 0.1) is 11.3 Å². The number of aliphatic imine (C=N–C) groups is 1.